The molecular formula is C20H25ClIN3O3. The summed E-state index contributed by atoms with van der Waals surface area (Å²) in [5.74, 6) is 2.92. The van der Waals surface area contributed by atoms with E-state index < -0.39 is 0 Å². The second-order valence-corrected chi connectivity index (χ2v) is 6.46. The first kappa shape index (κ1) is 22.4. The van der Waals surface area contributed by atoms with Crippen molar-refractivity contribution in [1.29, 1.82) is 0 Å². The van der Waals surface area contributed by atoms with Gasteiger partial charge < -0.3 is 24.8 Å². The lowest BCUT2D eigenvalue weighted by Crippen LogP contribution is -2.37. The fraction of sp³-hybridized carbons (Fsp3) is 0.350. The summed E-state index contributed by atoms with van der Waals surface area (Å²) < 4.78 is 16.4. The lowest BCUT2D eigenvalue weighted by molar-refractivity contribution is 0.171. The van der Waals surface area contributed by atoms with E-state index >= 15 is 0 Å². The van der Waals surface area contributed by atoms with Crippen LogP contribution in [0.4, 0.5) is 0 Å². The molecule has 2 aromatic carbocycles. The molecule has 0 unspecified atom stereocenters. The standard InChI is InChI=1S/C20H24ClN3O3.HI/c1-22-20(24-13-15-4-3-5-16(10-15)25-2)23-7-6-14-11-17(21)19-18(12-14)26-8-9-27-19;/h3-5,10-12H,6-9,13H2,1-2H3,(H2,22,23,24);1H. The van der Waals surface area contributed by atoms with Crippen molar-refractivity contribution in [2.45, 2.75) is 13.0 Å². The molecule has 0 fully saturated rings. The number of hydrogen-bond acceptors (Lipinski definition) is 4. The topological polar surface area (TPSA) is 64.1 Å². The van der Waals surface area contributed by atoms with Crippen molar-refractivity contribution in [2.24, 2.45) is 4.99 Å². The Hall–Kier alpha value is -1.87. The highest BCUT2D eigenvalue weighted by Gasteiger charge is 2.16. The average Bonchev–Trinajstić information content (AvgIpc) is 2.70. The molecule has 0 radical (unpaired) electrons. The van der Waals surface area contributed by atoms with Crippen LogP contribution in [0.5, 0.6) is 17.2 Å². The van der Waals surface area contributed by atoms with Gasteiger partial charge in [-0.3, -0.25) is 4.99 Å². The summed E-state index contributed by atoms with van der Waals surface area (Å²) in [6.07, 6.45) is 0.788. The van der Waals surface area contributed by atoms with Crippen LogP contribution in [0.3, 0.4) is 0 Å². The fourth-order valence-corrected chi connectivity index (χ4v) is 3.11. The van der Waals surface area contributed by atoms with Crippen LogP contribution in [0.15, 0.2) is 41.4 Å². The number of methoxy groups -OCH3 is 1. The zero-order valence-corrected chi connectivity index (χ0v) is 19.0. The smallest absolute Gasteiger partial charge is 0.191 e. The van der Waals surface area contributed by atoms with Crippen molar-refractivity contribution in [3.05, 3.63) is 52.5 Å². The van der Waals surface area contributed by atoms with E-state index in [1.165, 1.54) is 0 Å². The number of aliphatic imine (C=N–C) groups is 1. The Labute approximate surface area is 187 Å². The summed E-state index contributed by atoms with van der Waals surface area (Å²) >= 11 is 6.29. The number of guanidine groups is 1. The second-order valence-electron chi connectivity index (χ2n) is 6.06. The molecule has 8 heteroatoms. The van der Waals surface area contributed by atoms with Crippen LogP contribution in [0.25, 0.3) is 0 Å². The fourth-order valence-electron chi connectivity index (χ4n) is 2.82. The van der Waals surface area contributed by atoms with E-state index in [1.54, 1.807) is 14.2 Å². The third-order valence-electron chi connectivity index (χ3n) is 4.18. The van der Waals surface area contributed by atoms with Crippen LogP contribution in [-0.2, 0) is 13.0 Å². The summed E-state index contributed by atoms with van der Waals surface area (Å²) in [6, 6.07) is 11.8. The van der Waals surface area contributed by atoms with Crippen molar-refractivity contribution in [1.82, 2.24) is 10.6 Å². The van der Waals surface area contributed by atoms with Crippen LogP contribution in [0, 0.1) is 0 Å². The molecule has 2 aromatic rings. The first-order valence-corrected chi connectivity index (χ1v) is 9.23. The van der Waals surface area contributed by atoms with Crippen molar-refractivity contribution in [2.75, 3.05) is 33.9 Å². The molecular weight excluding hydrogens is 493 g/mol. The first-order chi connectivity index (χ1) is 13.2. The third-order valence-corrected chi connectivity index (χ3v) is 4.46. The molecule has 28 heavy (non-hydrogen) atoms. The van der Waals surface area contributed by atoms with Crippen LogP contribution in [0.1, 0.15) is 11.1 Å². The Balaban J connectivity index is 0.00000280. The van der Waals surface area contributed by atoms with Gasteiger partial charge in [0.15, 0.2) is 17.5 Å². The van der Waals surface area contributed by atoms with Crippen molar-refractivity contribution in [3.63, 3.8) is 0 Å². The largest absolute Gasteiger partial charge is 0.497 e. The number of ether oxygens (including phenoxy) is 3. The molecule has 1 aliphatic heterocycles. The van der Waals surface area contributed by atoms with Crippen LogP contribution < -0.4 is 24.8 Å². The molecule has 0 saturated heterocycles. The Morgan fingerprint density at radius 2 is 1.96 bits per heavy atom. The maximum atomic E-state index is 6.29. The van der Waals surface area contributed by atoms with Crippen LogP contribution >= 0.6 is 35.6 Å². The van der Waals surface area contributed by atoms with Gasteiger partial charge in [-0.2, -0.15) is 0 Å². The number of benzene rings is 2. The third kappa shape index (κ3) is 6.07. The summed E-state index contributed by atoms with van der Waals surface area (Å²) in [6.45, 7) is 2.45. The average molecular weight is 518 g/mol. The lowest BCUT2D eigenvalue weighted by Gasteiger charge is -2.20. The van der Waals surface area contributed by atoms with Gasteiger partial charge >= 0.3 is 0 Å². The molecule has 0 saturated carbocycles. The maximum absolute atomic E-state index is 6.29. The van der Waals surface area contributed by atoms with Gasteiger partial charge in [0.1, 0.15) is 19.0 Å². The zero-order chi connectivity index (χ0) is 19.1. The van der Waals surface area contributed by atoms with E-state index in [2.05, 4.69) is 15.6 Å². The minimum absolute atomic E-state index is 0. The predicted octanol–water partition coefficient (Wildman–Crippen LogP) is 3.65. The minimum Gasteiger partial charge on any atom is -0.497 e. The molecule has 2 N–H and O–H groups in total. The van der Waals surface area contributed by atoms with Gasteiger partial charge in [0, 0.05) is 20.1 Å². The Morgan fingerprint density at radius 3 is 2.75 bits per heavy atom. The van der Waals surface area contributed by atoms with E-state index in [4.69, 9.17) is 25.8 Å². The molecule has 1 aliphatic rings. The normalized spacial score (nSPS) is 12.8. The van der Waals surface area contributed by atoms with E-state index in [0.29, 0.717) is 42.8 Å². The summed E-state index contributed by atoms with van der Waals surface area (Å²) in [7, 11) is 3.42. The number of nitrogens with zero attached hydrogens (tertiary/aromatic N) is 1. The number of fused-ring (bicyclic) bond motifs is 1. The lowest BCUT2D eigenvalue weighted by atomic mass is 10.1. The monoisotopic (exact) mass is 517 g/mol. The van der Waals surface area contributed by atoms with Crippen molar-refractivity contribution < 1.29 is 14.2 Å². The van der Waals surface area contributed by atoms with Gasteiger partial charge in [0.05, 0.1) is 12.1 Å². The minimum atomic E-state index is 0. The first-order valence-electron chi connectivity index (χ1n) is 8.85. The molecule has 0 aliphatic carbocycles. The molecule has 0 bridgehead atoms. The van der Waals surface area contributed by atoms with Gasteiger partial charge in [0.2, 0.25) is 0 Å². The van der Waals surface area contributed by atoms with E-state index in [-0.39, 0.29) is 24.0 Å². The van der Waals surface area contributed by atoms with Crippen LogP contribution in [0.2, 0.25) is 5.02 Å². The predicted molar refractivity (Wildman–Crippen MR) is 123 cm³/mol. The Bertz CT molecular complexity index is 817. The van der Waals surface area contributed by atoms with E-state index in [9.17, 15) is 0 Å². The molecule has 0 aromatic heterocycles. The van der Waals surface area contributed by atoms with E-state index in [0.717, 1.165) is 29.3 Å². The summed E-state index contributed by atoms with van der Waals surface area (Å²) in [5, 5.41) is 7.19. The SMILES string of the molecule is CN=C(NCCc1cc(Cl)c2c(c1)OCCO2)NCc1cccc(OC)c1.I. The summed E-state index contributed by atoms with van der Waals surface area (Å²) in [4.78, 5) is 4.26. The molecule has 6 nitrogen and oxygen atoms in total. The highest BCUT2D eigenvalue weighted by molar-refractivity contribution is 14.0. The molecule has 152 valence electrons. The van der Waals surface area contributed by atoms with Gasteiger partial charge in [-0.15, -0.1) is 24.0 Å². The van der Waals surface area contributed by atoms with Gasteiger partial charge in [-0.1, -0.05) is 23.7 Å². The summed E-state index contributed by atoms with van der Waals surface area (Å²) in [5.41, 5.74) is 2.20. The Morgan fingerprint density at radius 1 is 1.14 bits per heavy atom. The highest BCUT2D eigenvalue weighted by Crippen LogP contribution is 2.38. The molecule has 0 atom stereocenters. The number of nitrogens with one attached hydrogen (secondary N) is 2. The molecule has 0 amide bonds. The van der Waals surface area contributed by atoms with Crippen molar-refractivity contribution >= 4 is 41.5 Å². The zero-order valence-electron chi connectivity index (χ0n) is 16.0. The quantitative estimate of drug-likeness (QED) is 0.348. The number of rotatable bonds is 6. The van der Waals surface area contributed by atoms with Gasteiger partial charge in [-0.25, -0.2) is 0 Å². The van der Waals surface area contributed by atoms with E-state index in [1.807, 2.05) is 36.4 Å². The van der Waals surface area contributed by atoms with Gasteiger partial charge in [0.25, 0.3) is 0 Å². The molecule has 0 spiro atoms. The molecule has 1 heterocycles. The number of halogens is 2. The second kappa shape index (κ2) is 11.2. The Kier molecular flexibility index (Phi) is 8.98. The maximum Gasteiger partial charge on any atom is 0.191 e. The molecule has 3 rings (SSSR count). The highest BCUT2D eigenvalue weighted by atomic mass is 127. The van der Waals surface area contributed by atoms with Crippen LogP contribution in [-0.4, -0.2) is 39.9 Å². The number of hydrogen-bond donors (Lipinski definition) is 2. The van der Waals surface area contributed by atoms with Gasteiger partial charge in [-0.05, 0) is 41.8 Å². The van der Waals surface area contributed by atoms with Crippen molar-refractivity contribution in [3.8, 4) is 17.2 Å².